The summed E-state index contributed by atoms with van der Waals surface area (Å²) in [5.74, 6) is -0.723. The number of esters is 1. The zero-order valence-electron chi connectivity index (χ0n) is 8.65. The van der Waals surface area contributed by atoms with Gasteiger partial charge in [-0.2, -0.15) is 0 Å². The standard InChI is InChI=1S/C10H14N2O3/c1-5(2)15-10(14)6-3-7(11)9(13)8(12)4-6/h3-5,13H,11-12H2,1-2H3. The van der Waals surface area contributed by atoms with Crippen molar-refractivity contribution in [2.45, 2.75) is 20.0 Å². The minimum atomic E-state index is -0.511. The zero-order chi connectivity index (χ0) is 11.6. The van der Waals surface area contributed by atoms with Crippen LogP contribution in [0.4, 0.5) is 11.4 Å². The molecule has 0 heterocycles. The summed E-state index contributed by atoms with van der Waals surface area (Å²) in [6, 6.07) is 2.66. The molecule has 1 aromatic rings. The lowest BCUT2D eigenvalue weighted by atomic mass is 10.1. The first-order chi connectivity index (χ1) is 6.91. The predicted molar refractivity (Wildman–Crippen MR) is 57.5 cm³/mol. The number of nitrogens with two attached hydrogens (primary N) is 2. The number of rotatable bonds is 2. The summed E-state index contributed by atoms with van der Waals surface area (Å²) in [6.45, 7) is 3.48. The fraction of sp³-hybridized carbons (Fsp3) is 0.300. The summed E-state index contributed by atoms with van der Waals surface area (Å²) in [4.78, 5) is 11.5. The first-order valence-electron chi connectivity index (χ1n) is 4.50. The molecule has 0 unspecified atom stereocenters. The number of phenolic OH excluding ortho intramolecular Hbond substituents is 1. The molecule has 0 aliphatic heterocycles. The van der Waals surface area contributed by atoms with Crippen LogP contribution < -0.4 is 11.5 Å². The average Bonchev–Trinajstić information content (AvgIpc) is 2.12. The van der Waals surface area contributed by atoms with E-state index in [0.29, 0.717) is 0 Å². The second-order valence-electron chi connectivity index (χ2n) is 3.46. The lowest BCUT2D eigenvalue weighted by Crippen LogP contribution is -2.12. The highest BCUT2D eigenvalue weighted by atomic mass is 16.5. The van der Waals surface area contributed by atoms with Crippen LogP contribution in [0, 0.1) is 0 Å². The Morgan fingerprint density at radius 2 is 1.80 bits per heavy atom. The van der Waals surface area contributed by atoms with Gasteiger partial charge < -0.3 is 21.3 Å². The first kappa shape index (κ1) is 11.2. The number of carbonyl (C=O) groups excluding carboxylic acids is 1. The number of hydrogen-bond acceptors (Lipinski definition) is 5. The molecule has 1 rings (SSSR count). The smallest absolute Gasteiger partial charge is 0.338 e. The zero-order valence-corrected chi connectivity index (χ0v) is 8.65. The van der Waals surface area contributed by atoms with Crippen LogP contribution in [0.3, 0.4) is 0 Å². The summed E-state index contributed by atoms with van der Waals surface area (Å²) < 4.78 is 4.95. The van der Waals surface area contributed by atoms with Crippen molar-refractivity contribution >= 4 is 17.3 Å². The third-order valence-corrected chi connectivity index (χ3v) is 1.75. The van der Waals surface area contributed by atoms with E-state index in [4.69, 9.17) is 16.2 Å². The van der Waals surface area contributed by atoms with Gasteiger partial charge in [0.25, 0.3) is 0 Å². The molecule has 1 aromatic carbocycles. The SMILES string of the molecule is CC(C)OC(=O)c1cc(N)c(O)c(N)c1. The Hall–Kier alpha value is -1.91. The number of aromatic hydroxyl groups is 1. The molecule has 15 heavy (non-hydrogen) atoms. The van der Waals surface area contributed by atoms with Crippen LogP contribution in [-0.2, 0) is 4.74 Å². The molecule has 0 aliphatic rings. The lowest BCUT2D eigenvalue weighted by molar-refractivity contribution is 0.0378. The van der Waals surface area contributed by atoms with Crippen molar-refractivity contribution in [3.8, 4) is 5.75 Å². The van der Waals surface area contributed by atoms with Gasteiger partial charge in [0.15, 0.2) is 5.75 Å². The maximum Gasteiger partial charge on any atom is 0.338 e. The van der Waals surface area contributed by atoms with Gasteiger partial charge in [-0.15, -0.1) is 0 Å². The van der Waals surface area contributed by atoms with Crippen molar-refractivity contribution in [3.63, 3.8) is 0 Å². The van der Waals surface area contributed by atoms with E-state index in [-0.39, 0.29) is 28.8 Å². The molecule has 0 aromatic heterocycles. The van der Waals surface area contributed by atoms with E-state index in [1.54, 1.807) is 13.8 Å². The maximum absolute atomic E-state index is 11.5. The molecule has 0 fully saturated rings. The quantitative estimate of drug-likeness (QED) is 0.386. The summed E-state index contributed by atoms with van der Waals surface area (Å²) in [6.07, 6.45) is -0.214. The lowest BCUT2D eigenvalue weighted by Gasteiger charge is -2.10. The van der Waals surface area contributed by atoms with Crippen molar-refractivity contribution in [1.29, 1.82) is 0 Å². The number of phenols is 1. The minimum absolute atomic E-state index is 0.0608. The Kier molecular flexibility index (Phi) is 3.04. The Balaban J connectivity index is 3.01. The summed E-state index contributed by atoms with van der Waals surface area (Å²) in [5.41, 5.74) is 11.3. The predicted octanol–water partition coefficient (Wildman–Crippen LogP) is 1.12. The van der Waals surface area contributed by atoms with Crippen molar-refractivity contribution in [3.05, 3.63) is 17.7 Å². The van der Waals surface area contributed by atoms with E-state index in [2.05, 4.69) is 0 Å². The second-order valence-corrected chi connectivity index (χ2v) is 3.46. The van der Waals surface area contributed by atoms with Crippen LogP contribution in [0.15, 0.2) is 12.1 Å². The maximum atomic E-state index is 11.5. The van der Waals surface area contributed by atoms with Crippen molar-refractivity contribution in [1.82, 2.24) is 0 Å². The second kappa shape index (κ2) is 4.08. The van der Waals surface area contributed by atoms with Crippen LogP contribution in [0.25, 0.3) is 0 Å². The molecule has 0 amide bonds. The highest BCUT2D eigenvalue weighted by Crippen LogP contribution is 2.29. The minimum Gasteiger partial charge on any atom is -0.504 e. The molecule has 0 atom stereocenters. The number of carbonyl (C=O) groups is 1. The highest BCUT2D eigenvalue weighted by Gasteiger charge is 2.13. The van der Waals surface area contributed by atoms with Gasteiger partial charge in [0, 0.05) is 0 Å². The van der Waals surface area contributed by atoms with Crippen LogP contribution in [-0.4, -0.2) is 17.2 Å². The molecule has 5 nitrogen and oxygen atoms in total. The van der Waals surface area contributed by atoms with E-state index in [1.165, 1.54) is 12.1 Å². The monoisotopic (exact) mass is 210 g/mol. The van der Waals surface area contributed by atoms with E-state index >= 15 is 0 Å². The summed E-state index contributed by atoms with van der Waals surface area (Å²) in [7, 11) is 0. The highest BCUT2D eigenvalue weighted by molar-refractivity contribution is 5.93. The van der Waals surface area contributed by atoms with E-state index in [1.807, 2.05) is 0 Å². The van der Waals surface area contributed by atoms with E-state index < -0.39 is 5.97 Å². The van der Waals surface area contributed by atoms with Crippen molar-refractivity contribution in [2.24, 2.45) is 0 Å². The largest absolute Gasteiger partial charge is 0.504 e. The summed E-state index contributed by atoms with van der Waals surface area (Å²) >= 11 is 0. The summed E-state index contributed by atoms with van der Waals surface area (Å²) in [5, 5.41) is 9.29. The molecule has 5 heteroatoms. The number of ether oxygens (including phenoxy) is 1. The molecule has 0 bridgehead atoms. The molecule has 5 N–H and O–H groups in total. The van der Waals surface area contributed by atoms with Gasteiger partial charge in [0.1, 0.15) is 0 Å². The molecular formula is C10H14N2O3. The van der Waals surface area contributed by atoms with E-state index in [0.717, 1.165) is 0 Å². The topological polar surface area (TPSA) is 98.6 Å². The van der Waals surface area contributed by atoms with Gasteiger partial charge in [0.2, 0.25) is 0 Å². The van der Waals surface area contributed by atoms with Crippen molar-refractivity contribution in [2.75, 3.05) is 11.5 Å². The molecule has 0 radical (unpaired) electrons. The number of anilines is 2. The third kappa shape index (κ3) is 2.52. The third-order valence-electron chi connectivity index (χ3n) is 1.75. The molecule has 82 valence electrons. The average molecular weight is 210 g/mol. The molecular weight excluding hydrogens is 196 g/mol. The normalized spacial score (nSPS) is 10.3. The number of nitrogen functional groups attached to an aromatic ring is 2. The van der Waals surface area contributed by atoms with Crippen LogP contribution in [0.5, 0.6) is 5.75 Å². The Bertz CT molecular complexity index is 365. The first-order valence-corrected chi connectivity index (χ1v) is 4.50. The Morgan fingerprint density at radius 3 is 2.20 bits per heavy atom. The van der Waals surface area contributed by atoms with Gasteiger partial charge in [-0.25, -0.2) is 4.79 Å². The molecule has 0 saturated heterocycles. The van der Waals surface area contributed by atoms with E-state index in [9.17, 15) is 9.90 Å². The van der Waals surface area contributed by atoms with Gasteiger partial charge in [0.05, 0.1) is 23.0 Å². The van der Waals surface area contributed by atoms with Crippen LogP contribution in [0.1, 0.15) is 24.2 Å². The molecule has 0 spiro atoms. The van der Waals surface area contributed by atoms with Gasteiger partial charge in [-0.05, 0) is 26.0 Å². The fourth-order valence-electron chi connectivity index (χ4n) is 1.08. The van der Waals surface area contributed by atoms with Crippen molar-refractivity contribution < 1.29 is 14.6 Å². The van der Waals surface area contributed by atoms with Crippen LogP contribution >= 0.6 is 0 Å². The molecule has 0 saturated carbocycles. The Labute approximate surface area is 87.6 Å². The number of hydrogen-bond donors (Lipinski definition) is 3. The number of benzene rings is 1. The molecule has 0 aliphatic carbocycles. The van der Waals surface area contributed by atoms with Gasteiger partial charge in [-0.1, -0.05) is 0 Å². The van der Waals surface area contributed by atoms with Crippen LogP contribution in [0.2, 0.25) is 0 Å². The van der Waals surface area contributed by atoms with Gasteiger partial charge >= 0.3 is 5.97 Å². The van der Waals surface area contributed by atoms with Gasteiger partial charge in [-0.3, -0.25) is 0 Å². The Morgan fingerprint density at radius 1 is 1.33 bits per heavy atom. The fourth-order valence-corrected chi connectivity index (χ4v) is 1.08.